The summed E-state index contributed by atoms with van der Waals surface area (Å²) in [5.74, 6) is 0.642. The lowest BCUT2D eigenvalue weighted by atomic mass is 9.98. The molecule has 0 radical (unpaired) electrons. The smallest absolute Gasteiger partial charge is 0.0991 e. The molecular formula is C14H19N3. The lowest BCUT2D eigenvalue weighted by Gasteiger charge is -2.32. The van der Waals surface area contributed by atoms with E-state index in [9.17, 15) is 0 Å². The molecule has 1 fully saturated rings. The van der Waals surface area contributed by atoms with Gasteiger partial charge in [-0.1, -0.05) is 12.1 Å². The first-order valence-corrected chi connectivity index (χ1v) is 6.23. The van der Waals surface area contributed by atoms with E-state index in [-0.39, 0.29) is 0 Å². The van der Waals surface area contributed by atoms with Crippen molar-refractivity contribution in [3.8, 4) is 6.07 Å². The SMILES string of the molecule is N#Cc1cccc(CN2CCC[C@@H](CN)C2)c1. The number of nitrogens with zero attached hydrogens (tertiary/aromatic N) is 2. The molecule has 0 bridgehead atoms. The minimum Gasteiger partial charge on any atom is -0.330 e. The topological polar surface area (TPSA) is 53.0 Å². The van der Waals surface area contributed by atoms with Gasteiger partial charge in [0.05, 0.1) is 11.6 Å². The van der Waals surface area contributed by atoms with Crippen LogP contribution < -0.4 is 5.73 Å². The molecule has 1 saturated heterocycles. The summed E-state index contributed by atoms with van der Waals surface area (Å²) < 4.78 is 0. The number of hydrogen-bond donors (Lipinski definition) is 1. The number of rotatable bonds is 3. The highest BCUT2D eigenvalue weighted by Crippen LogP contribution is 2.17. The number of hydrogen-bond acceptors (Lipinski definition) is 3. The van der Waals surface area contributed by atoms with Gasteiger partial charge in [-0.2, -0.15) is 5.26 Å². The van der Waals surface area contributed by atoms with E-state index < -0.39 is 0 Å². The highest BCUT2D eigenvalue weighted by molar-refractivity contribution is 5.32. The van der Waals surface area contributed by atoms with Gasteiger partial charge >= 0.3 is 0 Å². The minimum atomic E-state index is 0.642. The van der Waals surface area contributed by atoms with Gasteiger partial charge in [-0.3, -0.25) is 4.90 Å². The maximum absolute atomic E-state index is 8.87. The van der Waals surface area contributed by atoms with Gasteiger partial charge in [-0.25, -0.2) is 0 Å². The van der Waals surface area contributed by atoms with Gasteiger partial charge in [0.15, 0.2) is 0 Å². The van der Waals surface area contributed by atoms with Gasteiger partial charge in [0.25, 0.3) is 0 Å². The largest absolute Gasteiger partial charge is 0.330 e. The zero-order chi connectivity index (χ0) is 12.1. The Morgan fingerprint density at radius 2 is 2.35 bits per heavy atom. The normalized spacial score (nSPS) is 21.1. The molecule has 1 aliphatic heterocycles. The molecule has 2 rings (SSSR count). The second kappa shape index (κ2) is 5.81. The Morgan fingerprint density at radius 3 is 3.12 bits per heavy atom. The third kappa shape index (κ3) is 3.29. The van der Waals surface area contributed by atoms with Crippen LogP contribution in [0, 0.1) is 17.2 Å². The van der Waals surface area contributed by atoms with Gasteiger partial charge in [0.2, 0.25) is 0 Å². The number of likely N-dealkylation sites (tertiary alicyclic amines) is 1. The van der Waals surface area contributed by atoms with Gasteiger partial charge in [-0.15, -0.1) is 0 Å². The second-order valence-electron chi connectivity index (χ2n) is 4.79. The van der Waals surface area contributed by atoms with Crippen LogP contribution in [0.2, 0.25) is 0 Å². The van der Waals surface area contributed by atoms with Crippen LogP contribution in [0.3, 0.4) is 0 Å². The molecule has 1 heterocycles. The summed E-state index contributed by atoms with van der Waals surface area (Å²) in [6, 6.07) is 10.1. The van der Waals surface area contributed by atoms with Crippen LogP contribution in [0.15, 0.2) is 24.3 Å². The summed E-state index contributed by atoms with van der Waals surface area (Å²) in [6.07, 6.45) is 2.49. The predicted molar refractivity (Wildman–Crippen MR) is 68.2 cm³/mol. The summed E-state index contributed by atoms with van der Waals surface area (Å²) in [5, 5.41) is 8.87. The molecule has 3 nitrogen and oxygen atoms in total. The van der Waals surface area contributed by atoms with Crippen molar-refractivity contribution in [3.63, 3.8) is 0 Å². The van der Waals surface area contributed by atoms with Crippen LogP contribution in [0.5, 0.6) is 0 Å². The predicted octanol–water partition coefficient (Wildman–Crippen LogP) is 1.73. The molecule has 0 spiro atoms. The monoisotopic (exact) mass is 229 g/mol. The van der Waals surface area contributed by atoms with Crippen molar-refractivity contribution in [3.05, 3.63) is 35.4 Å². The molecule has 17 heavy (non-hydrogen) atoms. The molecule has 2 N–H and O–H groups in total. The molecule has 1 atom stereocenters. The van der Waals surface area contributed by atoms with E-state index in [1.807, 2.05) is 18.2 Å². The van der Waals surface area contributed by atoms with E-state index in [4.69, 9.17) is 11.0 Å². The zero-order valence-corrected chi connectivity index (χ0v) is 10.1. The third-order valence-electron chi connectivity index (χ3n) is 3.40. The summed E-state index contributed by atoms with van der Waals surface area (Å²) in [5.41, 5.74) is 7.70. The van der Waals surface area contributed by atoms with Crippen LogP contribution in [0.1, 0.15) is 24.0 Å². The first kappa shape index (κ1) is 12.1. The highest BCUT2D eigenvalue weighted by Gasteiger charge is 2.18. The standard InChI is InChI=1S/C14H19N3/c15-8-12-3-1-4-13(7-12)10-17-6-2-5-14(9-16)11-17/h1,3-4,7,14H,2,5-6,9-11,16H2/t14-/m0/s1. The molecular weight excluding hydrogens is 210 g/mol. The van der Waals surface area contributed by atoms with Crippen LogP contribution in [0.25, 0.3) is 0 Å². The van der Waals surface area contributed by atoms with Crippen molar-refractivity contribution < 1.29 is 0 Å². The number of nitriles is 1. The fourth-order valence-electron chi connectivity index (χ4n) is 2.48. The fourth-order valence-corrected chi connectivity index (χ4v) is 2.48. The van der Waals surface area contributed by atoms with Gasteiger partial charge in [-0.05, 0) is 49.5 Å². The van der Waals surface area contributed by atoms with Crippen LogP contribution in [-0.4, -0.2) is 24.5 Å². The van der Waals surface area contributed by atoms with Crippen molar-refractivity contribution in [2.24, 2.45) is 11.7 Å². The average molecular weight is 229 g/mol. The summed E-state index contributed by atoms with van der Waals surface area (Å²) in [7, 11) is 0. The third-order valence-corrected chi connectivity index (χ3v) is 3.40. The second-order valence-corrected chi connectivity index (χ2v) is 4.79. The van der Waals surface area contributed by atoms with Crippen molar-refractivity contribution in [1.29, 1.82) is 5.26 Å². The fraction of sp³-hybridized carbons (Fsp3) is 0.500. The summed E-state index contributed by atoms with van der Waals surface area (Å²) in [6.45, 7) is 3.96. The van der Waals surface area contributed by atoms with Gasteiger partial charge in [0.1, 0.15) is 0 Å². The Morgan fingerprint density at radius 1 is 1.47 bits per heavy atom. The van der Waals surface area contributed by atoms with Crippen LogP contribution >= 0.6 is 0 Å². The van der Waals surface area contributed by atoms with E-state index >= 15 is 0 Å². The van der Waals surface area contributed by atoms with Crippen molar-refractivity contribution in [1.82, 2.24) is 4.90 Å². The summed E-state index contributed by atoms with van der Waals surface area (Å²) >= 11 is 0. The first-order chi connectivity index (χ1) is 8.31. The molecule has 1 aromatic rings. The molecule has 1 aliphatic rings. The Bertz CT molecular complexity index is 408. The number of benzene rings is 1. The Hall–Kier alpha value is -1.37. The van der Waals surface area contributed by atoms with E-state index in [1.54, 1.807) is 0 Å². The van der Waals surface area contributed by atoms with Crippen molar-refractivity contribution in [2.45, 2.75) is 19.4 Å². The lowest BCUT2D eigenvalue weighted by Crippen LogP contribution is -2.37. The maximum Gasteiger partial charge on any atom is 0.0991 e. The highest BCUT2D eigenvalue weighted by atomic mass is 15.1. The van der Waals surface area contributed by atoms with E-state index in [0.717, 1.165) is 31.7 Å². The van der Waals surface area contributed by atoms with Gasteiger partial charge < -0.3 is 5.73 Å². The zero-order valence-electron chi connectivity index (χ0n) is 10.1. The molecule has 0 unspecified atom stereocenters. The molecule has 3 heteroatoms. The number of nitrogens with two attached hydrogens (primary N) is 1. The molecule has 0 aromatic heterocycles. The molecule has 90 valence electrons. The Kier molecular flexibility index (Phi) is 4.13. The van der Waals surface area contributed by atoms with E-state index in [1.165, 1.54) is 18.4 Å². The first-order valence-electron chi connectivity index (χ1n) is 6.23. The Balaban J connectivity index is 1.98. The van der Waals surface area contributed by atoms with Gasteiger partial charge in [0, 0.05) is 13.1 Å². The molecule has 1 aromatic carbocycles. The molecule has 0 aliphatic carbocycles. The van der Waals surface area contributed by atoms with E-state index in [0.29, 0.717) is 5.92 Å². The summed E-state index contributed by atoms with van der Waals surface area (Å²) in [4.78, 5) is 2.44. The average Bonchev–Trinajstić information content (AvgIpc) is 2.39. The van der Waals surface area contributed by atoms with Crippen LogP contribution in [-0.2, 0) is 6.54 Å². The molecule has 0 saturated carbocycles. The minimum absolute atomic E-state index is 0.642. The van der Waals surface area contributed by atoms with Crippen LogP contribution in [0.4, 0.5) is 0 Å². The quantitative estimate of drug-likeness (QED) is 0.858. The number of piperidine rings is 1. The van der Waals surface area contributed by atoms with Crippen molar-refractivity contribution >= 4 is 0 Å². The lowest BCUT2D eigenvalue weighted by molar-refractivity contribution is 0.171. The van der Waals surface area contributed by atoms with Crippen molar-refractivity contribution in [2.75, 3.05) is 19.6 Å². The Labute approximate surface area is 103 Å². The van der Waals surface area contributed by atoms with E-state index in [2.05, 4.69) is 17.0 Å². The maximum atomic E-state index is 8.87. The molecule has 0 amide bonds.